The monoisotopic (exact) mass is 662 g/mol. The molecule has 1 aliphatic carbocycles. The average molecular weight is 664 g/mol. The molecule has 1 saturated heterocycles. The Hall–Kier alpha value is -3.73. The fraction of sp³-hybridized carbons (Fsp3) is 0.343. The first kappa shape index (κ1) is 32.2. The van der Waals surface area contributed by atoms with Crippen LogP contribution in [0.5, 0.6) is 11.6 Å². The van der Waals surface area contributed by atoms with Gasteiger partial charge in [0, 0.05) is 53.5 Å². The fourth-order valence-electron chi connectivity index (χ4n) is 6.26. The number of aliphatic hydroxyl groups excluding tert-OH is 1. The number of ether oxygens (including phenoxy) is 3. The highest BCUT2D eigenvalue weighted by Gasteiger charge is 2.29. The molecule has 0 unspecified atom stereocenters. The van der Waals surface area contributed by atoms with Gasteiger partial charge in [0.05, 0.1) is 55.4 Å². The highest BCUT2D eigenvalue weighted by Crippen LogP contribution is 2.45. The lowest BCUT2D eigenvalue weighted by atomic mass is 9.94. The normalized spacial score (nSPS) is 16.2. The quantitative estimate of drug-likeness (QED) is 0.184. The van der Waals surface area contributed by atoms with E-state index in [4.69, 9.17) is 42.4 Å². The molecular formula is C35H36Cl2N4O5. The Morgan fingerprint density at radius 2 is 1.72 bits per heavy atom. The molecular weight excluding hydrogens is 627 g/mol. The van der Waals surface area contributed by atoms with Crippen LogP contribution in [0.15, 0.2) is 54.7 Å². The van der Waals surface area contributed by atoms with Crippen LogP contribution in [0.2, 0.25) is 10.0 Å². The van der Waals surface area contributed by atoms with E-state index in [1.807, 2.05) is 42.5 Å². The highest BCUT2D eigenvalue weighted by atomic mass is 35.5. The predicted molar refractivity (Wildman–Crippen MR) is 178 cm³/mol. The van der Waals surface area contributed by atoms with Gasteiger partial charge in [0.1, 0.15) is 11.4 Å². The number of methoxy groups -OCH3 is 2. The third-order valence-electron chi connectivity index (χ3n) is 8.49. The van der Waals surface area contributed by atoms with Crippen molar-refractivity contribution in [1.82, 2.24) is 20.2 Å². The number of nitrogens with zero attached hydrogens (tertiary/aromatic N) is 3. The van der Waals surface area contributed by atoms with Crippen molar-refractivity contribution in [3.63, 3.8) is 0 Å². The Bertz CT molecular complexity index is 1760. The van der Waals surface area contributed by atoms with Crippen LogP contribution < -0.4 is 14.8 Å². The maximum absolute atomic E-state index is 12.0. The van der Waals surface area contributed by atoms with Crippen molar-refractivity contribution in [1.29, 1.82) is 0 Å². The van der Waals surface area contributed by atoms with Crippen molar-refractivity contribution < 1.29 is 24.1 Å². The molecule has 0 saturated carbocycles. The van der Waals surface area contributed by atoms with Crippen LogP contribution in [-0.2, 0) is 22.5 Å². The first-order valence-electron chi connectivity index (χ1n) is 15.3. The van der Waals surface area contributed by atoms with Crippen LogP contribution in [-0.4, -0.2) is 72.5 Å². The third kappa shape index (κ3) is 6.43. The molecule has 4 aromatic rings. The first-order chi connectivity index (χ1) is 22.3. The molecule has 1 aliphatic heterocycles. The second-order valence-corrected chi connectivity index (χ2v) is 12.2. The Balaban J connectivity index is 1.30. The van der Waals surface area contributed by atoms with Crippen LogP contribution in [0.3, 0.4) is 0 Å². The zero-order chi connectivity index (χ0) is 32.4. The first-order valence-corrected chi connectivity index (χ1v) is 16.0. The predicted octanol–water partition coefficient (Wildman–Crippen LogP) is 6.12. The van der Waals surface area contributed by atoms with Crippen LogP contribution in [0.1, 0.15) is 36.2 Å². The van der Waals surface area contributed by atoms with E-state index < -0.39 is 0 Å². The second kappa shape index (κ2) is 13.9. The molecule has 9 nitrogen and oxygen atoms in total. The largest absolute Gasteiger partial charge is 0.496 e. The van der Waals surface area contributed by atoms with Crippen LogP contribution in [0.4, 0.5) is 0 Å². The maximum Gasteiger partial charge on any atom is 0.319 e. The van der Waals surface area contributed by atoms with Gasteiger partial charge in [-0.2, -0.15) is 0 Å². The van der Waals surface area contributed by atoms with Crippen molar-refractivity contribution in [3.05, 3.63) is 81.6 Å². The van der Waals surface area contributed by atoms with Crippen LogP contribution >= 0.6 is 23.2 Å². The third-order valence-corrected chi connectivity index (χ3v) is 9.30. The summed E-state index contributed by atoms with van der Waals surface area (Å²) in [6.07, 6.45) is 3.09. The molecule has 46 heavy (non-hydrogen) atoms. The number of hydrogen-bond donors (Lipinski definition) is 2. The van der Waals surface area contributed by atoms with E-state index in [-0.39, 0.29) is 24.7 Å². The Morgan fingerprint density at radius 1 is 1.02 bits per heavy atom. The molecule has 1 fully saturated rings. The molecule has 1 aromatic heterocycles. The SMILES string of the molecule is CCOC(=O)CN[C@H]1CCc2cc(-c3cccc(-c4cccc(-c5cnc(CN6CC(O)C6)c(OC)n5)c4Cl)c3Cl)cc(OC)c21. The van der Waals surface area contributed by atoms with Crippen molar-refractivity contribution in [2.45, 2.75) is 38.5 Å². The smallest absolute Gasteiger partial charge is 0.319 e. The van der Waals surface area contributed by atoms with Gasteiger partial charge in [0.15, 0.2) is 0 Å². The molecule has 2 heterocycles. The van der Waals surface area contributed by atoms with E-state index in [9.17, 15) is 9.90 Å². The van der Waals surface area contributed by atoms with E-state index >= 15 is 0 Å². The Kier molecular flexibility index (Phi) is 9.77. The second-order valence-electron chi connectivity index (χ2n) is 11.4. The molecule has 0 spiro atoms. The fourth-order valence-corrected chi connectivity index (χ4v) is 6.92. The number of rotatable bonds is 11. The summed E-state index contributed by atoms with van der Waals surface area (Å²) in [7, 11) is 3.23. The van der Waals surface area contributed by atoms with Gasteiger partial charge < -0.3 is 19.3 Å². The molecule has 6 rings (SSSR count). The molecule has 0 bridgehead atoms. The minimum Gasteiger partial charge on any atom is -0.496 e. The highest BCUT2D eigenvalue weighted by molar-refractivity contribution is 6.39. The van der Waals surface area contributed by atoms with E-state index in [0.29, 0.717) is 59.1 Å². The van der Waals surface area contributed by atoms with Crippen molar-refractivity contribution in [2.75, 3.05) is 40.5 Å². The van der Waals surface area contributed by atoms with E-state index in [0.717, 1.165) is 52.0 Å². The summed E-state index contributed by atoms with van der Waals surface area (Å²) in [5.41, 5.74) is 7.53. The number of carbonyl (C=O) groups excluding carboxylic acids is 1. The molecule has 0 amide bonds. The number of fused-ring (bicyclic) bond motifs is 1. The van der Waals surface area contributed by atoms with E-state index in [1.54, 1.807) is 27.3 Å². The molecule has 1 atom stereocenters. The number of aryl methyl sites for hydroxylation is 1. The molecule has 11 heteroatoms. The van der Waals surface area contributed by atoms with Crippen LogP contribution in [0.25, 0.3) is 33.5 Å². The van der Waals surface area contributed by atoms with Gasteiger partial charge in [-0.25, -0.2) is 4.98 Å². The van der Waals surface area contributed by atoms with Gasteiger partial charge in [-0.1, -0.05) is 65.7 Å². The number of carbonyl (C=O) groups is 1. The van der Waals surface area contributed by atoms with E-state index in [2.05, 4.69) is 21.3 Å². The van der Waals surface area contributed by atoms with Gasteiger partial charge in [0.25, 0.3) is 0 Å². The average Bonchev–Trinajstić information content (AvgIpc) is 3.46. The minimum absolute atomic E-state index is 0.00818. The van der Waals surface area contributed by atoms with Crippen molar-refractivity contribution in [3.8, 4) is 45.1 Å². The molecule has 2 N–H and O–H groups in total. The zero-order valence-electron chi connectivity index (χ0n) is 26.0. The molecule has 0 radical (unpaired) electrons. The number of halogens is 2. The number of aliphatic hydroxyl groups is 1. The Morgan fingerprint density at radius 3 is 2.39 bits per heavy atom. The van der Waals surface area contributed by atoms with Crippen molar-refractivity contribution in [2.24, 2.45) is 0 Å². The van der Waals surface area contributed by atoms with E-state index in [1.165, 1.54) is 0 Å². The number of esters is 1. The van der Waals surface area contributed by atoms with Gasteiger partial charge in [-0.05, 0) is 37.0 Å². The summed E-state index contributed by atoms with van der Waals surface area (Å²) in [4.78, 5) is 23.4. The number of β-amino-alcohol motifs (C(OH)–C–C–N with tert-alkyl or cyclic N) is 1. The summed E-state index contributed by atoms with van der Waals surface area (Å²) in [5.74, 6) is 0.892. The molecule has 240 valence electrons. The number of nitrogens with one attached hydrogen (secondary N) is 1. The van der Waals surface area contributed by atoms with Gasteiger partial charge >= 0.3 is 5.97 Å². The number of hydrogen-bond acceptors (Lipinski definition) is 9. The maximum atomic E-state index is 12.0. The zero-order valence-corrected chi connectivity index (χ0v) is 27.5. The standard InChI is InChI=1S/C35H36Cl2N4O5/c1-4-46-31(43)16-39-27-12-11-20-13-21(14-30(44-2)32(20)27)23-7-5-8-24(33(23)36)25-9-6-10-26(34(25)37)28-15-38-29(35(40-28)45-3)19-41-17-22(42)18-41/h5-10,13-15,22,27,39,42H,4,11-12,16-19H2,1-3H3/t27-/m0/s1. The summed E-state index contributed by atoms with van der Waals surface area (Å²) < 4.78 is 16.5. The molecule has 2 aliphatic rings. The summed E-state index contributed by atoms with van der Waals surface area (Å²) in [6.45, 7) is 4.04. The minimum atomic E-state index is -0.298. The number of benzene rings is 3. The van der Waals surface area contributed by atoms with Crippen molar-refractivity contribution >= 4 is 29.2 Å². The van der Waals surface area contributed by atoms with Gasteiger partial charge in [-0.3, -0.25) is 20.0 Å². The number of likely N-dealkylation sites (tertiary alicyclic amines) is 1. The number of aromatic nitrogens is 2. The topological polar surface area (TPSA) is 106 Å². The Labute approximate surface area is 278 Å². The van der Waals surface area contributed by atoms with Gasteiger partial charge in [-0.15, -0.1) is 0 Å². The van der Waals surface area contributed by atoms with Gasteiger partial charge in [0.2, 0.25) is 5.88 Å². The van der Waals surface area contributed by atoms with Crippen LogP contribution in [0, 0.1) is 0 Å². The summed E-state index contributed by atoms with van der Waals surface area (Å²) >= 11 is 14.2. The lowest BCUT2D eigenvalue weighted by Crippen LogP contribution is -2.50. The summed E-state index contributed by atoms with van der Waals surface area (Å²) in [5, 5.41) is 14.0. The lowest BCUT2D eigenvalue weighted by Gasteiger charge is -2.35. The summed E-state index contributed by atoms with van der Waals surface area (Å²) in [6, 6.07) is 15.8. The lowest BCUT2D eigenvalue weighted by molar-refractivity contribution is -0.142. The molecule has 3 aromatic carbocycles.